The second-order valence-corrected chi connectivity index (χ2v) is 3.99. The molecule has 0 aromatic carbocycles. The average Bonchev–Trinajstić information content (AvgIpc) is 2.76. The summed E-state index contributed by atoms with van der Waals surface area (Å²) in [5.41, 5.74) is 1.31. The summed E-state index contributed by atoms with van der Waals surface area (Å²) in [7, 11) is 0. The minimum Gasteiger partial charge on any atom is -0.344 e. The van der Waals surface area contributed by atoms with Gasteiger partial charge in [0, 0.05) is 12.7 Å². The Bertz CT molecular complexity index is 595. The number of nitrogens with zero attached hydrogens (tertiary/aromatic N) is 3. The van der Waals surface area contributed by atoms with Gasteiger partial charge in [0.25, 0.3) is 0 Å². The Labute approximate surface area is 106 Å². The molecule has 4 heteroatoms. The second kappa shape index (κ2) is 5.37. The number of pyridine rings is 1. The van der Waals surface area contributed by atoms with Gasteiger partial charge in [-0.1, -0.05) is 18.9 Å². The molecule has 92 valence electrons. The number of hydrogen-bond acceptors (Lipinski definition) is 3. The zero-order valence-electron chi connectivity index (χ0n) is 10.3. The fraction of sp³-hybridized carbons (Fsp3) is 0.286. The topological polar surface area (TPSA) is 37.6 Å². The molecular formula is C14H15N3O. The molecule has 2 aromatic heterocycles. The highest BCUT2D eigenvalue weighted by Crippen LogP contribution is 2.20. The van der Waals surface area contributed by atoms with E-state index >= 15 is 0 Å². The van der Waals surface area contributed by atoms with Crippen LogP contribution in [0.15, 0.2) is 24.4 Å². The van der Waals surface area contributed by atoms with E-state index in [-0.39, 0.29) is 0 Å². The van der Waals surface area contributed by atoms with Gasteiger partial charge in [-0.3, -0.25) is 9.20 Å². The number of carbonyl (C=O) groups excluding carboxylic acids is 1. The summed E-state index contributed by atoms with van der Waals surface area (Å²) >= 11 is 0. The van der Waals surface area contributed by atoms with Crippen molar-refractivity contribution in [2.45, 2.75) is 13.3 Å². The summed E-state index contributed by atoms with van der Waals surface area (Å²) < 4.78 is 1.78. The largest absolute Gasteiger partial charge is 0.344 e. The van der Waals surface area contributed by atoms with E-state index in [2.05, 4.69) is 17.8 Å². The van der Waals surface area contributed by atoms with Gasteiger partial charge >= 0.3 is 0 Å². The molecule has 0 fully saturated rings. The van der Waals surface area contributed by atoms with Gasteiger partial charge < -0.3 is 4.90 Å². The van der Waals surface area contributed by atoms with Crippen molar-refractivity contribution in [3.63, 3.8) is 0 Å². The van der Waals surface area contributed by atoms with E-state index in [1.807, 2.05) is 29.3 Å². The summed E-state index contributed by atoms with van der Waals surface area (Å²) in [6.45, 7) is 3.31. The molecule has 2 heterocycles. The molecule has 0 spiro atoms. The molecule has 2 aromatic rings. The van der Waals surface area contributed by atoms with E-state index in [1.54, 1.807) is 4.40 Å². The Hall–Kier alpha value is -2.28. The van der Waals surface area contributed by atoms with Gasteiger partial charge in [-0.05, 0) is 18.6 Å². The highest BCUT2D eigenvalue weighted by Gasteiger charge is 2.16. The molecule has 0 atom stereocenters. The minimum atomic E-state index is 0.457. The summed E-state index contributed by atoms with van der Waals surface area (Å²) in [4.78, 5) is 17.7. The first-order valence-corrected chi connectivity index (χ1v) is 5.92. The van der Waals surface area contributed by atoms with Crippen LogP contribution in [0, 0.1) is 12.3 Å². The molecule has 4 nitrogen and oxygen atoms in total. The lowest BCUT2D eigenvalue weighted by Crippen LogP contribution is -2.25. The molecule has 0 unspecified atom stereocenters. The summed E-state index contributed by atoms with van der Waals surface area (Å²) in [5.74, 6) is 3.27. The number of imidazole rings is 1. The highest BCUT2D eigenvalue weighted by atomic mass is 16.1. The molecule has 0 bridgehead atoms. The third-order valence-corrected chi connectivity index (χ3v) is 2.73. The van der Waals surface area contributed by atoms with Crippen molar-refractivity contribution in [2.24, 2.45) is 0 Å². The zero-order valence-corrected chi connectivity index (χ0v) is 10.3. The molecule has 0 aliphatic rings. The van der Waals surface area contributed by atoms with Gasteiger partial charge in [0.15, 0.2) is 12.1 Å². The summed E-state index contributed by atoms with van der Waals surface area (Å²) in [6, 6.07) is 5.64. The average molecular weight is 241 g/mol. The Morgan fingerprint density at radius 1 is 1.56 bits per heavy atom. The smallest absolute Gasteiger partial charge is 0.170 e. The number of anilines is 1. The van der Waals surface area contributed by atoms with Crippen LogP contribution in [0.5, 0.6) is 0 Å². The molecule has 0 aliphatic heterocycles. The highest BCUT2D eigenvalue weighted by molar-refractivity contribution is 5.83. The molecule has 0 saturated carbocycles. The maximum absolute atomic E-state index is 11.3. The van der Waals surface area contributed by atoms with Gasteiger partial charge in [-0.15, -0.1) is 6.42 Å². The molecule has 0 N–H and O–H groups in total. The van der Waals surface area contributed by atoms with E-state index in [4.69, 9.17) is 6.42 Å². The Kier molecular flexibility index (Phi) is 3.63. The van der Waals surface area contributed by atoms with Crippen LogP contribution in [-0.4, -0.2) is 28.8 Å². The number of rotatable bonds is 5. The number of fused-ring (bicyclic) bond motifs is 1. The van der Waals surface area contributed by atoms with Crippen molar-refractivity contribution in [3.05, 3.63) is 30.1 Å². The summed E-state index contributed by atoms with van der Waals surface area (Å²) in [5, 5.41) is 0. The van der Waals surface area contributed by atoms with Crippen molar-refractivity contribution in [2.75, 3.05) is 18.0 Å². The van der Waals surface area contributed by atoms with Crippen molar-refractivity contribution in [3.8, 4) is 12.3 Å². The lowest BCUT2D eigenvalue weighted by Gasteiger charge is -2.19. The van der Waals surface area contributed by atoms with Gasteiger partial charge in [0.1, 0.15) is 11.3 Å². The number of aromatic nitrogens is 2. The van der Waals surface area contributed by atoms with Crippen LogP contribution < -0.4 is 4.90 Å². The first-order chi connectivity index (χ1) is 8.81. The van der Waals surface area contributed by atoms with E-state index in [0.29, 0.717) is 18.1 Å². The molecule has 0 radical (unpaired) electrons. The molecule has 0 saturated heterocycles. The van der Waals surface area contributed by atoms with Crippen LogP contribution in [0.4, 0.5) is 5.82 Å². The Balaban J connectivity index is 2.54. The van der Waals surface area contributed by atoms with Crippen molar-refractivity contribution < 1.29 is 4.79 Å². The third kappa shape index (κ3) is 2.07. The second-order valence-electron chi connectivity index (χ2n) is 3.99. The van der Waals surface area contributed by atoms with E-state index in [1.165, 1.54) is 0 Å². The number of terminal acetylenes is 1. The van der Waals surface area contributed by atoms with Gasteiger partial charge in [-0.25, -0.2) is 4.98 Å². The van der Waals surface area contributed by atoms with Crippen molar-refractivity contribution in [1.82, 2.24) is 9.38 Å². The van der Waals surface area contributed by atoms with Crippen LogP contribution in [-0.2, 0) is 0 Å². The third-order valence-electron chi connectivity index (χ3n) is 2.73. The number of carbonyl (C=O) groups is 1. The fourth-order valence-electron chi connectivity index (χ4n) is 1.98. The molecule has 0 aliphatic carbocycles. The first kappa shape index (κ1) is 12.2. The predicted molar refractivity (Wildman–Crippen MR) is 71.9 cm³/mol. The van der Waals surface area contributed by atoms with Gasteiger partial charge in [0.2, 0.25) is 0 Å². The van der Waals surface area contributed by atoms with Crippen LogP contribution in [0.25, 0.3) is 5.65 Å². The quantitative estimate of drug-likeness (QED) is 0.593. The maximum Gasteiger partial charge on any atom is 0.170 e. The molecule has 2 rings (SSSR count). The fourth-order valence-corrected chi connectivity index (χ4v) is 1.98. The molecule has 0 amide bonds. The van der Waals surface area contributed by atoms with Crippen molar-refractivity contribution >= 4 is 17.8 Å². The lowest BCUT2D eigenvalue weighted by atomic mass is 10.3. The normalized spacial score (nSPS) is 10.2. The van der Waals surface area contributed by atoms with Gasteiger partial charge in [0.05, 0.1) is 6.54 Å². The standard InChI is InChI=1S/C14H15N3O/c1-3-8-16(9-4-2)14-12(11-18)17-10-6-5-7-13(17)15-14/h1,5-7,10-11H,4,8-9H2,2H3. The minimum absolute atomic E-state index is 0.457. The Morgan fingerprint density at radius 2 is 2.39 bits per heavy atom. The van der Waals surface area contributed by atoms with E-state index in [0.717, 1.165) is 24.9 Å². The summed E-state index contributed by atoms with van der Waals surface area (Å²) in [6.07, 6.45) is 8.98. The van der Waals surface area contributed by atoms with Crippen LogP contribution in [0.3, 0.4) is 0 Å². The Morgan fingerprint density at radius 3 is 3.06 bits per heavy atom. The predicted octanol–water partition coefficient (Wildman–Crippen LogP) is 2.00. The maximum atomic E-state index is 11.3. The SMILES string of the molecule is C#CCN(CCC)c1nc2ccccn2c1C=O. The lowest BCUT2D eigenvalue weighted by molar-refractivity contribution is 0.111. The number of hydrogen-bond donors (Lipinski definition) is 0. The first-order valence-electron chi connectivity index (χ1n) is 5.92. The number of aldehydes is 1. The van der Waals surface area contributed by atoms with Crippen LogP contribution in [0.1, 0.15) is 23.8 Å². The van der Waals surface area contributed by atoms with E-state index < -0.39 is 0 Å². The monoisotopic (exact) mass is 241 g/mol. The van der Waals surface area contributed by atoms with Gasteiger partial charge in [-0.2, -0.15) is 0 Å². The van der Waals surface area contributed by atoms with Crippen LogP contribution >= 0.6 is 0 Å². The molecular weight excluding hydrogens is 226 g/mol. The van der Waals surface area contributed by atoms with Crippen molar-refractivity contribution in [1.29, 1.82) is 0 Å². The van der Waals surface area contributed by atoms with Crippen LogP contribution in [0.2, 0.25) is 0 Å². The molecule has 18 heavy (non-hydrogen) atoms. The van der Waals surface area contributed by atoms with E-state index in [9.17, 15) is 4.79 Å². The zero-order chi connectivity index (χ0) is 13.0.